The molecule has 1 saturated heterocycles. The van der Waals surface area contributed by atoms with Gasteiger partial charge in [0, 0.05) is 38.6 Å². The molecule has 1 heterocycles. The second kappa shape index (κ2) is 13.8. The SMILES string of the molecule is CCNC(=NCc1ccc(OCCN(CC)CC)c(OC)c1)NC1CCN(C(=O)CC)C1. The van der Waals surface area contributed by atoms with Gasteiger partial charge in [0.15, 0.2) is 17.5 Å². The first-order chi connectivity index (χ1) is 15.5. The van der Waals surface area contributed by atoms with Crippen LogP contribution in [-0.2, 0) is 11.3 Å². The van der Waals surface area contributed by atoms with E-state index < -0.39 is 0 Å². The summed E-state index contributed by atoms with van der Waals surface area (Å²) in [5.41, 5.74) is 1.05. The molecule has 1 amide bonds. The van der Waals surface area contributed by atoms with E-state index in [-0.39, 0.29) is 11.9 Å². The third-order valence-corrected chi connectivity index (χ3v) is 5.74. The summed E-state index contributed by atoms with van der Waals surface area (Å²) in [5.74, 6) is 2.45. The van der Waals surface area contributed by atoms with Crippen molar-refractivity contribution in [2.24, 2.45) is 4.99 Å². The molecule has 1 atom stereocenters. The number of likely N-dealkylation sites (N-methyl/N-ethyl adjacent to an activating group) is 1. The van der Waals surface area contributed by atoms with Gasteiger partial charge in [0.2, 0.25) is 5.91 Å². The number of aliphatic imine (C=N–C) groups is 1. The van der Waals surface area contributed by atoms with Crippen LogP contribution in [0.4, 0.5) is 0 Å². The number of guanidine groups is 1. The minimum atomic E-state index is 0.211. The molecule has 1 aliphatic rings. The number of nitrogens with zero attached hydrogens (tertiary/aromatic N) is 3. The van der Waals surface area contributed by atoms with E-state index in [4.69, 9.17) is 14.5 Å². The summed E-state index contributed by atoms with van der Waals surface area (Å²) >= 11 is 0. The molecule has 1 aromatic rings. The van der Waals surface area contributed by atoms with E-state index >= 15 is 0 Å². The van der Waals surface area contributed by atoms with E-state index in [9.17, 15) is 4.79 Å². The third-order valence-electron chi connectivity index (χ3n) is 5.74. The molecule has 0 bridgehead atoms. The molecule has 0 spiro atoms. The molecule has 1 aliphatic heterocycles. The Hall–Kier alpha value is -2.48. The van der Waals surface area contributed by atoms with Gasteiger partial charge in [0.25, 0.3) is 0 Å². The van der Waals surface area contributed by atoms with Gasteiger partial charge < -0.3 is 29.9 Å². The zero-order valence-electron chi connectivity index (χ0n) is 20.4. The van der Waals surface area contributed by atoms with Crippen molar-refractivity contribution in [3.05, 3.63) is 23.8 Å². The lowest BCUT2D eigenvalue weighted by atomic mass is 10.2. The first kappa shape index (κ1) is 25.8. The van der Waals surface area contributed by atoms with Crippen molar-refractivity contribution in [1.82, 2.24) is 20.4 Å². The zero-order valence-corrected chi connectivity index (χ0v) is 20.4. The second-order valence-corrected chi connectivity index (χ2v) is 7.88. The van der Waals surface area contributed by atoms with E-state index in [1.807, 2.05) is 36.9 Å². The average molecular weight is 448 g/mol. The van der Waals surface area contributed by atoms with Gasteiger partial charge in [-0.3, -0.25) is 4.79 Å². The normalized spacial score (nSPS) is 16.4. The summed E-state index contributed by atoms with van der Waals surface area (Å²) in [6.07, 6.45) is 1.49. The summed E-state index contributed by atoms with van der Waals surface area (Å²) in [4.78, 5) is 20.9. The summed E-state index contributed by atoms with van der Waals surface area (Å²) in [7, 11) is 1.66. The van der Waals surface area contributed by atoms with Gasteiger partial charge >= 0.3 is 0 Å². The highest BCUT2D eigenvalue weighted by atomic mass is 16.5. The summed E-state index contributed by atoms with van der Waals surface area (Å²) in [5, 5.41) is 6.77. The maximum Gasteiger partial charge on any atom is 0.222 e. The molecule has 0 saturated carbocycles. The van der Waals surface area contributed by atoms with Gasteiger partial charge in [-0.25, -0.2) is 4.99 Å². The lowest BCUT2D eigenvalue weighted by molar-refractivity contribution is -0.129. The Morgan fingerprint density at radius 3 is 2.66 bits per heavy atom. The number of methoxy groups -OCH3 is 1. The van der Waals surface area contributed by atoms with Crippen molar-refractivity contribution >= 4 is 11.9 Å². The van der Waals surface area contributed by atoms with Gasteiger partial charge in [0.1, 0.15) is 6.61 Å². The molecule has 180 valence electrons. The topological polar surface area (TPSA) is 78.4 Å². The van der Waals surface area contributed by atoms with Gasteiger partial charge in [0.05, 0.1) is 13.7 Å². The standard InChI is InChI=1S/C24H41N5O3/c1-6-23(30)29-13-12-20(18-29)27-24(25-7-2)26-17-19-10-11-21(22(16-19)31-5)32-15-14-28(8-3)9-4/h10-11,16,20H,6-9,12-15,17-18H2,1-5H3,(H2,25,26,27). The molecule has 32 heavy (non-hydrogen) atoms. The van der Waals surface area contributed by atoms with Crippen LogP contribution in [0, 0.1) is 0 Å². The molecule has 2 rings (SSSR count). The van der Waals surface area contributed by atoms with E-state index in [0.29, 0.717) is 19.6 Å². The van der Waals surface area contributed by atoms with Gasteiger partial charge in [-0.2, -0.15) is 0 Å². The van der Waals surface area contributed by atoms with E-state index in [1.54, 1.807) is 7.11 Å². The summed E-state index contributed by atoms with van der Waals surface area (Å²) in [6, 6.07) is 6.19. The fraction of sp³-hybridized carbons (Fsp3) is 0.667. The molecule has 8 nitrogen and oxygen atoms in total. The van der Waals surface area contributed by atoms with Crippen molar-refractivity contribution < 1.29 is 14.3 Å². The maximum absolute atomic E-state index is 11.9. The number of nitrogens with one attached hydrogen (secondary N) is 2. The predicted molar refractivity (Wildman–Crippen MR) is 130 cm³/mol. The van der Waals surface area contributed by atoms with Crippen molar-refractivity contribution in [1.29, 1.82) is 0 Å². The molecule has 1 aromatic carbocycles. The smallest absolute Gasteiger partial charge is 0.222 e. The number of ether oxygens (including phenoxy) is 2. The Balaban J connectivity index is 1.95. The van der Waals surface area contributed by atoms with Crippen LogP contribution in [-0.4, -0.2) is 80.7 Å². The highest BCUT2D eigenvalue weighted by Gasteiger charge is 2.25. The molecule has 8 heteroatoms. The van der Waals surface area contributed by atoms with Crippen LogP contribution >= 0.6 is 0 Å². The first-order valence-corrected chi connectivity index (χ1v) is 11.9. The van der Waals surface area contributed by atoms with Crippen LogP contribution in [0.5, 0.6) is 11.5 Å². The molecule has 1 fully saturated rings. The Bertz CT molecular complexity index is 736. The molecule has 0 radical (unpaired) electrons. The molecule has 1 unspecified atom stereocenters. The number of carbonyl (C=O) groups is 1. The first-order valence-electron chi connectivity index (χ1n) is 11.9. The predicted octanol–water partition coefficient (Wildman–Crippen LogP) is 2.48. The number of carbonyl (C=O) groups excluding carboxylic acids is 1. The lowest BCUT2D eigenvalue weighted by Gasteiger charge is -2.19. The zero-order chi connectivity index (χ0) is 23.3. The molecule has 0 aromatic heterocycles. The Labute approximate surface area is 193 Å². The largest absolute Gasteiger partial charge is 0.493 e. The van der Waals surface area contributed by atoms with Crippen LogP contribution in [0.25, 0.3) is 0 Å². The van der Waals surface area contributed by atoms with Gasteiger partial charge in [-0.05, 0) is 44.1 Å². The van der Waals surface area contributed by atoms with Crippen LogP contribution in [0.3, 0.4) is 0 Å². The summed E-state index contributed by atoms with van der Waals surface area (Å²) < 4.78 is 11.5. The van der Waals surface area contributed by atoms with Gasteiger partial charge in [-0.1, -0.05) is 26.8 Å². The number of amides is 1. The molecular formula is C24H41N5O3. The highest BCUT2D eigenvalue weighted by molar-refractivity contribution is 5.80. The van der Waals surface area contributed by atoms with Crippen LogP contribution in [0.1, 0.15) is 46.1 Å². The van der Waals surface area contributed by atoms with Crippen molar-refractivity contribution in [3.63, 3.8) is 0 Å². The van der Waals surface area contributed by atoms with Crippen molar-refractivity contribution in [2.75, 3.05) is 53.0 Å². The third kappa shape index (κ3) is 7.89. The lowest BCUT2D eigenvalue weighted by Crippen LogP contribution is -2.45. The highest BCUT2D eigenvalue weighted by Crippen LogP contribution is 2.28. The molecular weight excluding hydrogens is 406 g/mol. The monoisotopic (exact) mass is 447 g/mol. The number of hydrogen-bond acceptors (Lipinski definition) is 5. The Morgan fingerprint density at radius 1 is 1.22 bits per heavy atom. The fourth-order valence-corrected chi connectivity index (χ4v) is 3.77. The Morgan fingerprint density at radius 2 is 2.00 bits per heavy atom. The van der Waals surface area contributed by atoms with Gasteiger partial charge in [-0.15, -0.1) is 0 Å². The van der Waals surface area contributed by atoms with Crippen molar-refractivity contribution in [2.45, 2.75) is 53.1 Å². The van der Waals surface area contributed by atoms with Crippen LogP contribution in [0.2, 0.25) is 0 Å². The van der Waals surface area contributed by atoms with Crippen LogP contribution in [0.15, 0.2) is 23.2 Å². The second-order valence-electron chi connectivity index (χ2n) is 7.88. The minimum absolute atomic E-state index is 0.211. The van der Waals surface area contributed by atoms with Crippen molar-refractivity contribution in [3.8, 4) is 11.5 Å². The molecule has 2 N–H and O–H groups in total. The maximum atomic E-state index is 11.9. The number of likely N-dealkylation sites (tertiary alicyclic amines) is 1. The fourth-order valence-electron chi connectivity index (χ4n) is 3.77. The Kier molecular flexibility index (Phi) is 11.1. The number of rotatable bonds is 12. The number of hydrogen-bond donors (Lipinski definition) is 2. The summed E-state index contributed by atoms with van der Waals surface area (Å²) in [6.45, 7) is 14.7. The van der Waals surface area contributed by atoms with Crippen LogP contribution < -0.4 is 20.1 Å². The quantitative estimate of drug-likeness (QED) is 0.379. The minimum Gasteiger partial charge on any atom is -0.493 e. The van der Waals surface area contributed by atoms with E-state index in [2.05, 4.69) is 29.4 Å². The average Bonchev–Trinajstić information content (AvgIpc) is 3.28. The van der Waals surface area contributed by atoms with E-state index in [0.717, 1.165) is 68.7 Å². The van der Waals surface area contributed by atoms with E-state index in [1.165, 1.54) is 0 Å². The number of benzene rings is 1. The molecule has 0 aliphatic carbocycles.